The first-order chi connectivity index (χ1) is 8.07. The highest BCUT2D eigenvalue weighted by molar-refractivity contribution is 7.99. The molecule has 1 saturated heterocycles. The predicted octanol–water partition coefficient (Wildman–Crippen LogP) is 0.688. The van der Waals surface area contributed by atoms with Crippen molar-refractivity contribution in [1.82, 2.24) is 4.90 Å². The van der Waals surface area contributed by atoms with Gasteiger partial charge in [0.05, 0.1) is 18.3 Å². The Kier molecular flexibility index (Phi) is 5.77. The summed E-state index contributed by atoms with van der Waals surface area (Å²) in [5.74, 6) is -0.00235. The predicted molar refractivity (Wildman–Crippen MR) is 66.1 cm³/mol. The van der Waals surface area contributed by atoms with Crippen LogP contribution in [-0.2, 0) is 14.3 Å². The van der Waals surface area contributed by atoms with Crippen molar-refractivity contribution < 1.29 is 19.4 Å². The lowest BCUT2D eigenvalue weighted by Gasteiger charge is -2.23. The van der Waals surface area contributed by atoms with Crippen LogP contribution in [0.15, 0.2) is 0 Å². The van der Waals surface area contributed by atoms with Crippen LogP contribution in [-0.4, -0.2) is 59.7 Å². The van der Waals surface area contributed by atoms with Crippen molar-refractivity contribution >= 4 is 23.6 Å². The molecule has 0 aromatic carbocycles. The highest BCUT2D eigenvalue weighted by atomic mass is 32.2. The van der Waals surface area contributed by atoms with Crippen molar-refractivity contribution in [3.63, 3.8) is 0 Å². The summed E-state index contributed by atoms with van der Waals surface area (Å²) >= 11 is 1.52. The maximum Gasteiger partial charge on any atom is 0.308 e. The average molecular weight is 261 g/mol. The van der Waals surface area contributed by atoms with Crippen LogP contribution in [0.5, 0.6) is 0 Å². The Hall–Kier alpha value is -0.750. The summed E-state index contributed by atoms with van der Waals surface area (Å²) in [6, 6.07) is -0.192. The van der Waals surface area contributed by atoms with Crippen LogP contribution >= 0.6 is 11.8 Å². The molecular formula is C11H19NO4S. The number of hydrogen-bond donors (Lipinski definition) is 1. The summed E-state index contributed by atoms with van der Waals surface area (Å²) < 4.78 is 4.90. The lowest BCUT2D eigenvalue weighted by atomic mass is 10.0. The van der Waals surface area contributed by atoms with Gasteiger partial charge in [0.15, 0.2) is 0 Å². The minimum atomic E-state index is -0.806. The monoisotopic (exact) mass is 261 g/mol. The van der Waals surface area contributed by atoms with Gasteiger partial charge in [-0.2, -0.15) is 0 Å². The Bertz CT molecular complexity index is 285. The Morgan fingerprint density at radius 2 is 2.24 bits per heavy atom. The highest BCUT2D eigenvalue weighted by Crippen LogP contribution is 2.24. The fourth-order valence-electron chi connectivity index (χ4n) is 2.01. The number of carboxylic acid groups (broad SMARTS) is 1. The van der Waals surface area contributed by atoms with E-state index in [2.05, 4.69) is 0 Å². The number of rotatable bonds is 6. The van der Waals surface area contributed by atoms with E-state index in [1.165, 1.54) is 11.8 Å². The minimum absolute atomic E-state index is 0.0300. The molecule has 1 rings (SSSR count). The molecule has 98 valence electrons. The zero-order valence-corrected chi connectivity index (χ0v) is 11.0. The third-order valence-electron chi connectivity index (χ3n) is 3.05. The Balaban J connectivity index is 2.35. The largest absolute Gasteiger partial charge is 0.481 e. The number of carboxylic acids is 1. The van der Waals surface area contributed by atoms with Crippen LogP contribution in [0.3, 0.4) is 0 Å². The second-order valence-electron chi connectivity index (χ2n) is 4.11. The van der Waals surface area contributed by atoms with E-state index in [1.54, 1.807) is 12.0 Å². The summed E-state index contributed by atoms with van der Waals surface area (Å²) in [6.07, 6.45) is 0.560. The molecule has 6 heteroatoms. The smallest absolute Gasteiger partial charge is 0.308 e. The number of methoxy groups -OCH3 is 1. The molecule has 0 bridgehead atoms. The SMILES string of the molecule is COCCSCC(=O)N1CCC(C(=O)O)C1C. The summed E-state index contributed by atoms with van der Waals surface area (Å²) in [7, 11) is 1.63. The quantitative estimate of drug-likeness (QED) is 0.712. The molecule has 0 aromatic rings. The summed E-state index contributed by atoms with van der Waals surface area (Å²) in [5, 5.41) is 8.97. The molecule has 1 aliphatic heterocycles. The maximum atomic E-state index is 11.9. The zero-order valence-electron chi connectivity index (χ0n) is 10.2. The van der Waals surface area contributed by atoms with E-state index in [1.807, 2.05) is 6.92 Å². The van der Waals surface area contributed by atoms with Gasteiger partial charge in [-0.05, 0) is 13.3 Å². The Morgan fingerprint density at radius 1 is 1.53 bits per heavy atom. The minimum Gasteiger partial charge on any atom is -0.481 e. The lowest BCUT2D eigenvalue weighted by Crippen LogP contribution is -2.38. The number of hydrogen-bond acceptors (Lipinski definition) is 4. The van der Waals surface area contributed by atoms with Crippen LogP contribution in [0.4, 0.5) is 0 Å². The van der Waals surface area contributed by atoms with E-state index in [0.717, 1.165) is 5.75 Å². The normalized spacial score (nSPS) is 24.0. The molecule has 0 radical (unpaired) electrons. The van der Waals surface area contributed by atoms with Gasteiger partial charge in [0.25, 0.3) is 0 Å². The van der Waals surface area contributed by atoms with Crippen LogP contribution < -0.4 is 0 Å². The number of ether oxygens (including phenoxy) is 1. The van der Waals surface area contributed by atoms with E-state index in [0.29, 0.717) is 25.3 Å². The molecule has 1 fully saturated rings. The molecule has 0 spiro atoms. The zero-order chi connectivity index (χ0) is 12.8. The number of carbonyl (C=O) groups excluding carboxylic acids is 1. The number of thioether (sulfide) groups is 1. The van der Waals surface area contributed by atoms with Gasteiger partial charge in [-0.15, -0.1) is 11.8 Å². The first kappa shape index (κ1) is 14.3. The fraction of sp³-hybridized carbons (Fsp3) is 0.818. The van der Waals surface area contributed by atoms with Crippen molar-refractivity contribution in [2.45, 2.75) is 19.4 Å². The first-order valence-electron chi connectivity index (χ1n) is 5.67. The van der Waals surface area contributed by atoms with Crippen LogP contribution in [0, 0.1) is 5.92 Å². The molecule has 2 atom stereocenters. The standard InChI is InChI=1S/C11H19NO4S/c1-8-9(11(14)15)3-4-12(8)10(13)7-17-6-5-16-2/h8-9H,3-7H2,1-2H3,(H,14,15). The second-order valence-corrected chi connectivity index (χ2v) is 5.21. The van der Waals surface area contributed by atoms with Gasteiger partial charge in [-0.1, -0.05) is 0 Å². The molecule has 0 aliphatic carbocycles. The molecule has 1 aliphatic rings. The first-order valence-corrected chi connectivity index (χ1v) is 6.82. The van der Waals surface area contributed by atoms with Crippen molar-refractivity contribution in [2.75, 3.05) is 31.8 Å². The highest BCUT2D eigenvalue weighted by Gasteiger charge is 2.37. The van der Waals surface area contributed by atoms with Crippen molar-refractivity contribution in [1.29, 1.82) is 0 Å². The van der Waals surface area contributed by atoms with Crippen molar-refractivity contribution in [3.05, 3.63) is 0 Å². The topological polar surface area (TPSA) is 66.8 Å². The molecule has 0 aromatic heterocycles. The van der Waals surface area contributed by atoms with Gasteiger partial charge >= 0.3 is 5.97 Å². The number of nitrogens with zero attached hydrogens (tertiary/aromatic N) is 1. The van der Waals surface area contributed by atoms with Gasteiger partial charge in [-0.25, -0.2) is 0 Å². The summed E-state index contributed by atoms with van der Waals surface area (Å²) in [5.41, 5.74) is 0. The van der Waals surface area contributed by atoms with Gasteiger partial charge in [0, 0.05) is 25.4 Å². The van der Waals surface area contributed by atoms with E-state index in [9.17, 15) is 9.59 Å². The summed E-state index contributed by atoms with van der Waals surface area (Å²) in [6.45, 7) is 3.00. The average Bonchev–Trinajstić information content (AvgIpc) is 2.66. The number of amides is 1. The van der Waals surface area contributed by atoms with Crippen molar-refractivity contribution in [2.24, 2.45) is 5.92 Å². The number of carbonyl (C=O) groups is 2. The van der Waals surface area contributed by atoms with Crippen LogP contribution in [0.2, 0.25) is 0 Å². The molecule has 1 heterocycles. The van der Waals surface area contributed by atoms with E-state index >= 15 is 0 Å². The third kappa shape index (κ3) is 3.89. The second kappa shape index (κ2) is 6.86. The molecule has 1 amide bonds. The van der Waals surface area contributed by atoms with Gasteiger partial charge in [0.2, 0.25) is 5.91 Å². The number of aliphatic carboxylic acids is 1. The van der Waals surface area contributed by atoms with Crippen LogP contribution in [0.1, 0.15) is 13.3 Å². The van der Waals surface area contributed by atoms with Gasteiger partial charge in [0.1, 0.15) is 0 Å². The van der Waals surface area contributed by atoms with Crippen LogP contribution in [0.25, 0.3) is 0 Å². The van der Waals surface area contributed by atoms with Crippen molar-refractivity contribution in [3.8, 4) is 0 Å². The molecule has 2 unspecified atom stereocenters. The summed E-state index contributed by atoms with van der Waals surface area (Å²) in [4.78, 5) is 24.5. The molecule has 5 nitrogen and oxygen atoms in total. The molecule has 0 saturated carbocycles. The number of likely N-dealkylation sites (tertiary alicyclic amines) is 1. The van der Waals surface area contributed by atoms with Gasteiger partial charge < -0.3 is 14.7 Å². The van der Waals surface area contributed by atoms with E-state index in [4.69, 9.17) is 9.84 Å². The third-order valence-corrected chi connectivity index (χ3v) is 3.96. The molecule has 1 N–H and O–H groups in total. The molecular weight excluding hydrogens is 242 g/mol. The van der Waals surface area contributed by atoms with E-state index < -0.39 is 11.9 Å². The lowest BCUT2D eigenvalue weighted by molar-refractivity contribution is -0.142. The Morgan fingerprint density at radius 3 is 2.76 bits per heavy atom. The molecule has 17 heavy (non-hydrogen) atoms. The van der Waals surface area contributed by atoms with Gasteiger partial charge in [-0.3, -0.25) is 9.59 Å². The fourth-order valence-corrected chi connectivity index (χ4v) is 2.78. The maximum absolute atomic E-state index is 11.9. The Labute approximate surface area is 105 Å². The van der Waals surface area contributed by atoms with E-state index in [-0.39, 0.29) is 11.9 Å².